The Morgan fingerprint density at radius 3 is 1.38 bits per heavy atom. The number of aliphatic carboxylic acids is 4. The molecule has 602 valence electrons. The van der Waals surface area contributed by atoms with Crippen molar-refractivity contribution < 1.29 is 108 Å². The number of benzene rings is 1. The van der Waals surface area contributed by atoms with Gasteiger partial charge in [-0.2, -0.15) is 35.3 Å². The number of fused-ring (bicyclic) bond motifs is 3. The molecule has 8 fully saturated rings. The smallest absolute Gasteiger partial charge is 0.333 e. The van der Waals surface area contributed by atoms with Crippen molar-refractivity contribution in [2.45, 2.75) is 162 Å². The number of thioether (sulfide) groups is 3. The molecular formula is C67H109N15O22S3. The molecule has 1 aromatic carbocycles. The first-order chi connectivity index (χ1) is 50.7. The molecule has 0 radical (unpaired) electrons. The number of likely N-dealkylation sites (N-methyl/N-ethyl adjacent to an activating group) is 3. The maximum atomic E-state index is 12.9. The molecule has 40 heteroatoms. The number of nitrogens with one attached hydrogen (secondary N) is 8. The predicted octanol–water partition coefficient (Wildman–Crippen LogP) is 0.591. The van der Waals surface area contributed by atoms with E-state index in [2.05, 4.69) is 57.2 Å². The van der Waals surface area contributed by atoms with Gasteiger partial charge in [0.05, 0.1) is 75.6 Å². The normalized spacial score (nSPS) is 24.1. The number of hydroxylamine groups is 2. The summed E-state index contributed by atoms with van der Waals surface area (Å²) < 4.78 is 0. The average molecular weight is 1570 g/mol. The lowest BCUT2D eigenvalue weighted by atomic mass is 10.0. The minimum atomic E-state index is -1.02. The summed E-state index contributed by atoms with van der Waals surface area (Å²) in [5.74, 6) is -3.19. The monoisotopic (exact) mass is 1570 g/mol. The molecule has 0 aliphatic carbocycles. The number of rotatable bonds is 35. The molecule has 1 aromatic rings. The SMILES string of the molecule is C.CN(CC(=O)Nc1ccc(CC2CN(CC(=O)O)CCN(CCOO)CCN(CCOO)CCN2CC(=O)O)cc1)C(=O)CCCCC1SCC2NC(=O)NC21.CN(CC(=O)O)C(=O)CCCCC1SCC2NC(=O)NC21.CNCC(=O)O.O=C1NC2CSC(CCCCC(=O)ON3C(=O)CCC3=O)C2N1. The van der Waals surface area contributed by atoms with Gasteiger partial charge in [-0.25, -0.2) is 29.0 Å². The van der Waals surface area contributed by atoms with Gasteiger partial charge in [-0.3, -0.25) is 73.3 Å². The highest BCUT2D eigenvalue weighted by Crippen LogP contribution is 2.36. The number of amides is 11. The zero-order valence-corrected chi connectivity index (χ0v) is 62.6. The molecule has 8 aliphatic rings. The summed E-state index contributed by atoms with van der Waals surface area (Å²) >= 11 is 5.53. The molecule has 8 heterocycles. The van der Waals surface area contributed by atoms with Crippen molar-refractivity contribution in [2.24, 2.45) is 0 Å². The van der Waals surface area contributed by atoms with Gasteiger partial charge in [-0.05, 0) is 69.7 Å². The van der Waals surface area contributed by atoms with Crippen molar-refractivity contribution in [3.63, 3.8) is 0 Å². The lowest BCUT2D eigenvalue weighted by Gasteiger charge is -2.38. The molecule has 10 unspecified atom stereocenters. The van der Waals surface area contributed by atoms with Crippen LogP contribution in [0.3, 0.4) is 0 Å². The highest BCUT2D eigenvalue weighted by Gasteiger charge is 2.45. The van der Waals surface area contributed by atoms with E-state index in [1.165, 1.54) is 16.8 Å². The van der Waals surface area contributed by atoms with E-state index in [-0.39, 0.29) is 151 Å². The van der Waals surface area contributed by atoms with Crippen molar-refractivity contribution in [3.8, 4) is 0 Å². The molecule has 8 saturated heterocycles. The highest BCUT2D eigenvalue weighted by molar-refractivity contribution is 8.00. The van der Waals surface area contributed by atoms with E-state index < -0.39 is 47.7 Å². The van der Waals surface area contributed by atoms with E-state index in [1.54, 1.807) is 31.1 Å². The first kappa shape index (κ1) is 90.2. The van der Waals surface area contributed by atoms with Crippen LogP contribution in [0.1, 0.15) is 103 Å². The second-order valence-corrected chi connectivity index (χ2v) is 30.7. The van der Waals surface area contributed by atoms with Gasteiger partial charge < -0.3 is 77.6 Å². The molecule has 11 amide bonds. The third-order valence-corrected chi connectivity index (χ3v) is 23.4. The Balaban J connectivity index is 0.000000326. The Labute approximate surface area is 635 Å². The number of imide groups is 1. The second-order valence-electron chi connectivity index (χ2n) is 26.9. The zero-order valence-electron chi connectivity index (χ0n) is 60.2. The highest BCUT2D eigenvalue weighted by atomic mass is 32.2. The summed E-state index contributed by atoms with van der Waals surface area (Å²) in [4.78, 5) is 174. The van der Waals surface area contributed by atoms with E-state index in [0.29, 0.717) is 111 Å². The molecule has 0 saturated carbocycles. The third kappa shape index (κ3) is 32.0. The molecule has 0 spiro atoms. The molecule has 37 nitrogen and oxygen atoms in total. The molecule has 14 N–H and O–H groups in total. The maximum Gasteiger partial charge on any atom is 0.333 e. The standard InChI is InChI=1S/C36H58N8O11S.C14H19N3O5S.C13H21N3O4S.C3H7NO2.CH4/c1-40(32(46)5-3-2-4-30-35-29(25-56-30)38-36(51)39-35)22-31(45)37-27-8-6-26(7-9-27)20-28-21-43(23-33(47)48)13-12-41(16-18-54-52)10-11-42(17-19-55-53)14-15-44(28)24-34(49)50;18-10-5-6-11(19)17(10)22-12(20)4-2-1-3-9-13-8(7-23-9)15-14(21)16-13;1-16(6-11(18)19)10(17)5-3-2-4-9-12-8(7-21-9)14-13(20)15-12;1-4-2-3(5)6;/h6-9,28-30,35,52-53H,2-5,10-25H2,1H3,(H,37,45)(H,47,48)(H,49,50)(H2,38,39,51);8-9,13H,1-7H2,(H2,15,16,21);8-9,12H,2-7H2,1H3,(H,18,19)(H2,14,15,20);4H,2H2,1H3,(H,5,6);1H4. The fourth-order valence-corrected chi connectivity index (χ4v) is 18.0. The van der Waals surface area contributed by atoms with Crippen molar-refractivity contribution in [2.75, 3.05) is 149 Å². The quantitative estimate of drug-likeness (QED) is 0.0145. The Morgan fingerprint density at radius 1 is 0.542 bits per heavy atom. The van der Waals surface area contributed by atoms with Crippen molar-refractivity contribution in [1.82, 2.24) is 71.7 Å². The van der Waals surface area contributed by atoms with Gasteiger partial charge >= 0.3 is 47.9 Å². The van der Waals surface area contributed by atoms with Crippen LogP contribution in [-0.2, 0) is 69.0 Å². The minimum Gasteiger partial charge on any atom is -0.480 e. The van der Waals surface area contributed by atoms with Gasteiger partial charge in [0.25, 0.3) is 11.8 Å². The second kappa shape index (κ2) is 47.5. The zero-order chi connectivity index (χ0) is 77.2. The van der Waals surface area contributed by atoms with E-state index >= 15 is 0 Å². The van der Waals surface area contributed by atoms with E-state index in [4.69, 9.17) is 25.6 Å². The lowest BCUT2D eigenvalue weighted by Crippen LogP contribution is -2.53. The maximum absolute atomic E-state index is 12.9. The third-order valence-electron chi connectivity index (χ3n) is 18.9. The number of carbonyl (C=O) groups excluding carboxylic acids is 9. The Morgan fingerprint density at radius 2 is 0.972 bits per heavy atom. The predicted molar refractivity (Wildman–Crippen MR) is 396 cm³/mol. The summed E-state index contributed by atoms with van der Waals surface area (Å²) in [5.41, 5.74) is 1.38. The topological polar surface area (TPSA) is 490 Å². The fourth-order valence-electron chi connectivity index (χ4n) is 13.4. The van der Waals surface area contributed by atoms with Crippen molar-refractivity contribution >= 4 is 118 Å². The number of unbranched alkanes of at least 4 members (excludes halogenated alkanes) is 3. The van der Waals surface area contributed by atoms with Gasteiger partial charge in [0, 0.05) is 150 Å². The lowest BCUT2D eigenvalue weighted by molar-refractivity contribution is -0.245. The van der Waals surface area contributed by atoms with Crippen molar-refractivity contribution in [1.29, 1.82) is 0 Å². The van der Waals surface area contributed by atoms with Crippen LogP contribution in [0.4, 0.5) is 20.1 Å². The number of carboxylic acids is 4. The molecule has 0 aromatic heterocycles. The minimum absolute atomic E-state index is 0. The van der Waals surface area contributed by atoms with E-state index in [1.807, 2.05) is 57.2 Å². The molecule has 9 rings (SSSR count). The van der Waals surface area contributed by atoms with Crippen LogP contribution in [0, 0.1) is 0 Å². The number of hydrogen-bond donors (Lipinski definition) is 14. The van der Waals surface area contributed by atoms with Crippen molar-refractivity contribution in [3.05, 3.63) is 29.8 Å². The van der Waals surface area contributed by atoms with Gasteiger partial charge in [-0.1, -0.05) is 38.8 Å². The van der Waals surface area contributed by atoms with Gasteiger partial charge in [-0.15, -0.1) is 5.06 Å². The molecule has 0 bridgehead atoms. The molecule has 107 heavy (non-hydrogen) atoms. The Kier molecular flexibility index (Phi) is 40.1. The molecule has 10 atom stereocenters. The number of hydrogen-bond acceptors (Lipinski definition) is 26. The first-order valence-corrected chi connectivity index (χ1v) is 38.8. The van der Waals surface area contributed by atoms with E-state index in [0.717, 1.165) is 67.8 Å². The summed E-state index contributed by atoms with van der Waals surface area (Å²) in [7, 11) is 4.70. The van der Waals surface area contributed by atoms with Crippen LogP contribution >= 0.6 is 35.3 Å². The largest absolute Gasteiger partial charge is 0.480 e. The number of anilines is 1. The van der Waals surface area contributed by atoms with Crippen LogP contribution in [0.15, 0.2) is 24.3 Å². The van der Waals surface area contributed by atoms with Crippen LogP contribution < -0.4 is 42.5 Å². The summed E-state index contributed by atoms with van der Waals surface area (Å²) in [5, 5.41) is 78.6. The summed E-state index contributed by atoms with van der Waals surface area (Å²) in [6.07, 6.45) is 8.89. The van der Waals surface area contributed by atoms with Crippen LogP contribution in [0.5, 0.6) is 0 Å². The first-order valence-electron chi connectivity index (χ1n) is 35.7. The number of urea groups is 3. The van der Waals surface area contributed by atoms with Gasteiger partial charge in [0.15, 0.2) is 0 Å². The number of carboxylic acid groups (broad SMARTS) is 4. The van der Waals surface area contributed by atoms with Gasteiger partial charge in [0.1, 0.15) is 6.54 Å². The molecule has 8 aliphatic heterocycles. The van der Waals surface area contributed by atoms with Gasteiger partial charge in [0.2, 0.25) is 17.7 Å². The summed E-state index contributed by atoms with van der Waals surface area (Å²) in [6.45, 7) is 3.14. The van der Waals surface area contributed by atoms with E-state index in [9.17, 15) is 72.5 Å². The van der Waals surface area contributed by atoms with Crippen LogP contribution in [0.25, 0.3) is 0 Å². The number of carbonyl (C=O) groups is 13. The Bertz CT molecular complexity index is 3090. The number of nitrogens with zero attached hydrogens (tertiary/aromatic N) is 7. The van der Waals surface area contributed by atoms with Crippen LogP contribution in [-0.4, -0.2) is 344 Å². The van der Waals surface area contributed by atoms with Crippen LogP contribution in [0.2, 0.25) is 0 Å². The summed E-state index contributed by atoms with van der Waals surface area (Å²) in [6, 6.07) is 7.55. The average Bonchev–Trinajstić information content (AvgIpc) is 1.66. The molecular weight excluding hydrogens is 1460 g/mol. The Hall–Kier alpha value is -7.38. The fraction of sp³-hybridized carbons (Fsp3) is 0.716.